The van der Waals surface area contributed by atoms with Crippen LogP contribution in [0.15, 0.2) is 70.5 Å². The van der Waals surface area contributed by atoms with Crippen molar-refractivity contribution in [1.82, 2.24) is 45.7 Å². The van der Waals surface area contributed by atoms with Crippen LogP contribution in [0.1, 0.15) is 27.8 Å². The summed E-state index contributed by atoms with van der Waals surface area (Å²) in [7, 11) is -10.6. The van der Waals surface area contributed by atoms with Crippen LogP contribution in [-0.2, 0) is 52.1 Å². The third-order valence-electron chi connectivity index (χ3n) is 9.02. The van der Waals surface area contributed by atoms with Gasteiger partial charge in [-0.1, -0.05) is 42.5 Å². The summed E-state index contributed by atoms with van der Waals surface area (Å²) >= 11 is 0. The van der Waals surface area contributed by atoms with E-state index in [1.54, 1.807) is 6.07 Å². The maximum Gasteiger partial charge on any atom is 0.417 e. The van der Waals surface area contributed by atoms with Crippen molar-refractivity contribution in [3.8, 4) is 50.7 Å². The Morgan fingerprint density at radius 3 is 1.97 bits per heavy atom. The molecule has 0 aliphatic carbocycles. The molecule has 0 saturated carbocycles. The summed E-state index contributed by atoms with van der Waals surface area (Å²) in [5, 5.41) is 52.7. The first-order valence-electron chi connectivity index (χ1n) is 16.1. The fraction of sp³-hybridized carbons (Fsp3) is 0.156. The van der Waals surface area contributed by atoms with Crippen molar-refractivity contribution in [2.75, 3.05) is 0 Å². The van der Waals surface area contributed by atoms with Crippen molar-refractivity contribution in [1.29, 1.82) is 5.41 Å². The van der Waals surface area contributed by atoms with Crippen molar-refractivity contribution < 1.29 is 48.3 Å². The fourth-order valence-corrected chi connectivity index (χ4v) is 8.51. The van der Waals surface area contributed by atoms with Gasteiger partial charge in [-0.3, -0.25) is 5.41 Å². The largest absolute Gasteiger partial charge is 0.417 e. The number of benzene rings is 4. The van der Waals surface area contributed by atoms with E-state index in [-0.39, 0.29) is 35.7 Å². The highest BCUT2D eigenvalue weighted by Crippen LogP contribution is 2.47. The van der Waals surface area contributed by atoms with E-state index in [0.29, 0.717) is 33.6 Å². The lowest BCUT2D eigenvalue weighted by Gasteiger charge is -2.21. The van der Waals surface area contributed by atoms with E-state index in [9.17, 15) is 48.3 Å². The molecule has 6 aromatic rings. The lowest BCUT2D eigenvalue weighted by Crippen LogP contribution is -2.31. The van der Waals surface area contributed by atoms with Crippen molar-refractivity contribution in [3.63, 3.8) is 0 Å². The topological polar surface area (TPSA) is 292 Å². The minimum Gasteiger partial charge on any atom is -0.392 e. The molecule has 0 saturated heterocycles. The first kappa shape index (κ1) is 39.9. The van der Waals surface area contributed by atoms with Crippen LogP contribution in [0.3, 0.4) is 0 Å². The van der Waals surface area contributed by atoms with Gasteiger partial charge in [-0.15, -0.1) is 25.2 Å². The Morgan fingerprint density at radius 2 is 1.40 bits per heavy atom. The minimum absolute atomic E-state index is 0.0628. The zero-order valence-corrected chi connectivity index (χ0v) is 30.5. The summed E-state index contributed by atoms with van der Waals surface area (Å²) in [6, 6.07) is 11.5. The number of hydrogen-bond donors (Lipinski definition) is 6. The van der Waals surface area contributed by atoms with E-state index < -0.39 is 94.0 Å². The molecule has 302 valence electrons. The number of fused-ring (bicyclic) bond motifs is 1. The van der Waals surface area contributed by atoms with Gasteiger partial charge in [0.15, 0.2) is 5.96 Å². The van der Waals surface area contributed by atoms with Gasteiger partial charge in [0.25, 0.3) is 0 Å². The molecule has 9 N–H and O–H groups in total. The predicted molar refractivity (Wildman–Crippen MR) is 188 cm³/mol. The number of aromatic amines is 1. The Labute approximate surface area is 321 Å². The van der Waals surface area contributed by atoms with Crippen molar-refractivity contribution in [3.05, 3.63) is 88.5 Å². The van der Waals surface area contributed by atoms with Crippen LogP contribution in [-0.4, -0.2) is 73.6 Å². The fourth-order valence-electron chi connectivity index (χ4n) is 6.58. The quantitative estimate of drug-likeness (QED) is 0.0731. The SMILES string of the molecule is N=C(N)N1Cc2ccc(-c3ccc(C(F)(F)F)c(S(N)(=O)=O)c3-c3nnn(-c4cc(C(F)(F)F)c(S(N)(=O)=O)c(-c5nn[nH]n5)c4-c4ccc(CO)cc4)n3)cc2C1. The summed E-state index contributed by atoms with van der Waals surface area (Å²) in [6.45, 7) is -0.130. The van der Waals surface area contributed by atoms with Crippen molar-refractivity contribution >= 4 is 26.0 Å². The van der Waals surface area contributed by atoms with Gasteiger partial charge in [-0.25, -0.2) is 27.1 Å². The molecular weight excluding hydrogens is 825 g/mol. The molecule has 0 fully saturated rings. The van der Waals surface area contributed by atoms with E-state index in [0.717, 1.165) is 6.07 Å². The number of H-pyrrole nitrogens is 1. The molecule has 18 nitrogen and oxygen atoms in total. The first-order chi connectivity index (χ1) is 27.1. The number of aliphatic hydroxyl groups is 1. The highest BCUT2D eigenvalue weighted by molar-refractivity contribution is 7.89. The molecule has 2 aromatic heterocycles. The minimum atomic E-state index is -5.47. The van der Waals surface area contributed by atoms with Gasteiger partial charge in [-0.05, 0) is 62.0 Å². The number of aliphatic hydroxyl groups excluding tert-OH is 1. The van der Waals surface area contributed by atoms with Crippen LogP contribution in [0.2, 0.25) is 0 Å². The number of sulfonamides is 2. The molecule has 4 aromatic carbocycles. The maximum absolute atomic E-state index is 14.9. The van der Waals surface area contributed by atoms with Crippen LogP contribution >= 0.6 is 0 Å². The van der Waals surface area contributed by atoms with Crippen LogP contribution < -0.4 is 16.0 Å². The molecule has 0 atom stereocenters. The molecule has 0 unspecified atom stereocenters. The number of rotatable bonds is 8. The number of aromatic nitrogens is 8. The molecule has 0 spiro atoms. The summed E-state index contributed by atoms with van der Waals surface area (Å²) in [5.74, 6) is -1.85. The highest BCUT2D eigenvalue weighted by Gasteiger charge is 2.43. The lowest BCUT2D eigenvalue weighted by molar-refractivity contribution is -0.140. The van der Waals surface area contributed by atoms with Crippen LogP contribution in [0.5, 0.6) is 0 Å². The molecule has 58 heavy (non-hydrogen) atoms. The molecule has 1 aliphatic heterocycles. The Morgan fingerprint density at radius 1 is 0.776 bits per heavy atom. The summed E-state index contributed by atoms with van der Waals surface area (Å²) < 4.78 is 140. The Hall–Kier alpha value is -6.35. The second kappa shape index (κ2) is 13.9. The molecule has 0 amide bonds. The zero-order valence-electron chi connectivity index (χ0n) is 28.9. The Bertz CT molecular complexity index is 2850. The molecule has 26 heteroatoms. The lowest BCUT2D eigenvalue weighted by atomic mass is 9.93. The third-order valence-corrected chi connectivity index (χ3v) is 11.0. The highest BCUT2D eigenvalue weighted by atomic mass is 32.2. The molecular formula is C32H25F6N13O5S2. The summed E-state index contributed by atoms with van der Waals surface area (Å²) in [4.78, 5) is -1.10. The average molecular weight is 850 g/mol. The number of guanidine groups is 1. The zero-order chi connectivity index (χ0) is 42.1. The number of nitrogens with one attached hydrogen (secondary N) is 2. The first-order valence-corrected chi connectivity index (χ1v) is 19.2. The maximum atomic E-state index is 14.9. The smallest absolute Gasteiger partial charge is 0.392 e. The molecule has 7 rings (SSSR count). The number of tetrazole rings is 2. The number of nitrogens with zero attached hydrogens (tertiary/aromatic N) is 8. The third kappa shape index (κ3) is 7.21. The summed E-state index contributed by atoms with van der Waals surface area (Å²) in [6.07, 6.45) is -10.8. The average Bonchev–Trinajstić information content (AvgIpc) is 3.93. The van der Waals surface area contributed by atoms with E-state index >= 15 is 0 Å². The predicted octanol–water partition coefficient (Wildman–Crippen LogP) is 2.88. The number of nitrogens with two attached hydrogens (primary N) is 3. The number of alkyl halides is 6. The van der Waals surface area contributed by atoms with Crippen molar-refractivity contribution in [2.24, 2.45) is 16.0 Å². The number of hydrogen-bond acceptors (Lipinski definition) is 12. The van der Waals surface area contributed by atoms with E-state index in [4.69, 9.17) is 21.4 Å². The second-order valence-electron chi connectivity index (χ2n) is 12.7. The van der Waals surface area contributed by atoms with Gasteiger partial charge in [0.1, 0.15) is 9.79 Å². The second-order valence-corrected chi connectivity index (χ2v) is 15.7. The van der Waals surface area contributed by atoms with Crippen LogP contribution in [0.25, 0.3) is 50.7 Å². The molecule has 3 heterocycles. The van der Waals surface area contributed by atoms with Crippen LogP contribution in [0, 0.1) is 5.41 Å². The van der Waals surface area contributed by atoms with Gasteiger partial charge in [0.2, 0.25) is 31.7 Å². The van der Waals surface area contributed by atoms with Gasteiger partial charge in [0.05, 0.1) is 34.5 Å². The standard InChI is InChI=1S/C32H25F6N13O5S2/c33-31(34,35)20-8-7-19(16-5-6-17-11-50(30(39)40)12-18(17)9-16)24(26(20)57(41,53)54)29-45-49-51(46-29)22-10-21(32(36,37)38)27(58(42,55)56)25(28-43-47-48-44-28)23(22)15-3-1-14(13-52)2-4-15/h1-10,52H,11-13H2,(H3,39,40)(H2,41,53,54)(H2,42,55,56)(H,43,44,47,48). The van der Waals surface area contributed by atoms with Crippen LogP contribution in [0.4, 0.5) is 26.3 Å². The Balaban J connectivity index is 1.57. The van der Waals surface area contributed by atoms with Gasteiger partial charge in [-0.2, -0.15) is 31.6 Å². The number of halogens is 6. The van der Waals surface area contributed by atoms with Gasteiger partial charge in [0, 0.05) is 18.7 Å². The molecule has 0 bridgehead atoms. The number of primary sulfonamides is 2. The van der Waals surface area contributed by atoms with E-state index in [1.165, 1.54) is 41.3 Å². The normalized spacial score (nSPS) is 13.6. The monoisotopic (exact) mass is 849 g/mol. The summed E-state index contributed by atoms with van der Waals surface area (Å²) in [5.41, 5.74) is 0.593. The van der Waals surface area contributed by atoms with E-state index in [2.05, 4.69) is 30.8 Å². The molecule has 1 aliphatic rings. The van der Waals surface area contributed by atoms with Crippen molar-refractivity contribution in [2.45, 2.75) is 41.8 Å². The van der Waals surface area contributed by atoms with Gasteiger partial charge >= 0.3 is 12.4 Å². The Kier molecular flexibility index (Phi) is 9.58. The molecule has 0 radical (unpaired) electrons. The van der Waals surface area contributed by atoms with E-state index in [1.807, 2.05) is 5.21 Å². The van der Waals surface area contributed by atoms with Gasteiger partial charge < -0.3 is 15.7 Å².